The van der Waals surface area contributed by atoms with Crippen molar-refractivity contribution in [3.05, 3.63) is 35.9 Å². The van der Waals surface area contributed by atoms with E-state index >= 15 is 0 Å². The van der Waals surface area contributed by atoms with Crippen LogP contribution in [0.15, 0.2) is 30.3 Å². The zero-order valence-electron chi connectivity index (χ0n) is 10.2. The van der Waals surface area contributed by atoms with Crippen molar-refractivity contribution in [2.75, 3.05) is 0 Å². The van der Waals surface area contributed by atoms with Gasteiger partial charge >= 0.3 is 0 Å². The van der Waals surface area contributed by atoms with Crippen LogP contribution in [0.5, 0.6) is 0 Å². The summed E-state index contributed by atoms with van der Waals surface area (Å²) >= 11 is 6.20. The molecule has 0 aliphatic carbocycles. The van der Waals surface area contributed by atoms with Crippen LogP contribution in [-0.4, -0.2) is 5.50 Å². The minimum absolute atomic E-state index is 0. The highest BCUT2D eigenvalue weighted by Crippen LogP contribution is 2.22. The second kappa shape index (κ2) is 7.16. The smallest absolute Gasteiger partial charge is 0.0833 e. The van der Waals surface area contributed by atoms with Crippen LogP contribution in [0, 0.1) is 5.41 Å². The fraction of sp³-hybridized carbons (Fsp3) is 0.538. The van der Waals surface area contributed by atoms with Crippen LogP contribution in [0.4, 0.5) is 0 Å². The number of alkyl halides is 1. The minimum atomic E-state index is 0. The lowest BCUT2D eigenvalue weighted by molar-refractivity contribution is 0.350. The third kappa shape index (κ3) is 7.10. The number of benzene rings is 1. The van der Waals surface area contributed by atoms with E-state index in [0.29, 0.717) is 0 Å². The Kier molecular flexibility index (Phi) is 7.05. The van der Waals surface area contributed by atoms with E-state index in [-0.39, 0.29) is 23.3 Å². The van der Waals surface area contributed by atoms with Gasteiger partial charge in [-0.3, -0.25) is 5.32 Å². The molecule has 0 aromatic heterocycles. The highest BCUT2D eigenvalue weighted by Gasteiger charge is 2.15. The average molecular weight is 262 g/mol. The third-order valence-corrected chi connectivity index (χ3v) is 2.47. The fourth-order valence-corrected chi connectivity index (χ4v) is 1.97. The molecule has 0 aliphatic rings. The molecule has 1 aromatic carbocycles. The van der Waals surface area contributed by atoms with Gasteiger partial charge in [-0.05, 0) is 17.4 Å². The number of hydrogen-bond acceptors (Lipinski definition) is 1. The van der Waals surface area contributed by atoms with Gasteiger partial charge in [-0.15, -0.1) is 24.0 Å². The van der Waals surface area contributed by atoms with Gasteiger partial charge in [0, 0.05) is 6.54 Å². The van der Waals surface area contributed by atoms with Crippen molar-refractivity contribution in [2.45, 2.75) is 39.2 Å². The molecule has 0 bridgehead atoms. The van der Waals surface area contributed by atoms with E-state index in [0.717, 1.165) is 13.0 Å². The van der Waals surface area contributed by atoms with Crippen LogP contribution in [0.1, 0.15) is 32.8 Å². The molecule has 92 valence electrons. The molecule has 0 amide bonds. The molecule has 16 heavy (non-hydrogen) atoms. The SMILES string of the molecule is CC(C)(C)CC(Cl)NCc1ccccc1.Cl. The van der Waals surface area contributed by atoms with Gasteiger partial charge in [0.15, 0.2) is 0 Å². The van der Waals surface area contributed by atoms with Gasteiger partial charge in [0.05, 0.1) is 5.50 Å². The monoisotopic (exact) mass is 261 g/mol. The molecule has 1 aromatic rings. The molecular formula is C13H21Cl2N. The molecule has 0 saturated heterocycles. The van der Waals surface area contributed by atoms with Crippen molar-refractivity contribution < 1.29 is 0 Å². The predicted molar refractivity (Wildman–Crippen MR) is 74.2 cm³/mol. The maximum atomic E-state index is 6.20. The predicted octanol–water partition coefficient (Wildman–Crippen LogP) is 4.20. The zero-order valence-corrected chi connectivity index (χ0v) is 11.7. The van der Waals surface area contributed by atoms with E-state index in [1.165, 1.54) is 5.56 Å². The largest absolute Gasteiger partial charge is 0.297 e. The van der Waals surface area contributed by atoms with Gasteiger partial charge in [0.2, 0.25) is 0 Å². The highest BCUT2D eigenvalue weighted by atomic mass is 35.5. The van der Waals surface area contributed by atoms with E-state index in [2.05, 4.69) is 38.2 Å². The first-order valence-electron chi connectivity index (χ1n) is 5.39. The first kappa shape index (κ1) is 15.8. The topological polar surface area (TPSA) is 12.0 Å². The van der Waals surface area contributed by atoms with E-state index in [1.54, 1.807) is 0 Å². The number of nitrogens with one attached hydrogen (secondary N) is 1. The summed E-state index contributed by atoms with van der Waals surface area (Å²) in [5, 5.41) is 3.32. The Morgan fingerprint density at radius 1 is 1.19 bits per heavy atom. The van der Waals surface area contributed by atoms with Gasteiger partial charge < -0.3 is 0 Å². The molecular weight excluding hydrogens is 241 g/mol. The number of hydrogen-bond donors (Lipinski definition) is 1. The molecule has 1 N–H and O–H groups in total. The Hall–Kier alpha value is -0.240. The molecule has 0 fully saturated rings. The second-order valence-electron chi connectivity index (χ2n) is 5.10. The van der Waals surface area contributed by atoms with Gasteiger partial charge in [-0.1, -0.05) is 51.1 Å². The average Bonchev–Trinajstić information content (AvgIpc) is 2.14. The standard InChI is InChI=1S/C13H20ClN.ClH/c1-13(2,3)9-12(14)15-10-11-7-5-4-6-8-11;/h4-8,12,15H,9-10H2,1-3H3;1H. The fourth-order valence-electron chi connectivity index (χ4n) is 1.43. The van der Waals surface area contributed by atoms with E-state index < -0.39 is 0 Å². The van der Waals surface area contributed by atoms with Crippen LogP contribution in [0.3, 0.4) is 0 Å². The summed E-state index contributed by atoms with van der Waals surface area (Å²) in [5.41, 5.74) is 1.60. The quantitative estimate of drug-likeness (QED) is 0.633. The summed E-state index contributed by atoms with van der Waals surface area (Å²) in [6.07, 6.45) is 0.974. The van der Waals surface area contributed by atoms with Crippen LogP contribution in [0.25, 0.3) is 0 Å². The van der Waals surface area contributed by atoms with Gasteiger partial charge in [-0.25, -0.2) is 0 Å². The Morgan fingerprint density at radius 2 is 1.75 bits per heavy atom. The lowest BCUT2D eigenvalue weighted by Gasteiger charge is -2.22. The zero-order chi connectivity index (χ0) is 11.3. The van der Waals surface area contributed by atoms with Crippen molar-refractivity contribution in [1.82, 2.24) is 5.32 Å². The van der Waals surface area contributed by atoms with Crippen LogP contribution in [-0.2, 0) is 6.54 Å². The highest BCUT2D eigenvalue weighted by molar-refractivity contribution is 6.20. The van der Waals surface area contributed by atoms with Crippen molar-refractivity contribution in [1.29, 1.82) is 0 Å². The number of halogens is 2. The second-order valence-corrected chi connectivity index (χ2v) is 5.63. The number of rotatable bonds is 4. The molecule has 1 unspecified atom stereocenters. The summed E-state index contributed by atoms with van der Waals surface area (Å²) in [6.45, 7) is 7.44. The van der Waals surface area contributed by atoms with Crippen molar-refractivity contribution in [3.8, 4) is 0 Å². The lowest BCUT2D eigenvalue weighted by atomic mass is 9.92. The summed E-state index contributed by atoms with van der Waals surface area (Å²) < 4.78 is 0. The maximum absolute atomic E-state index is 6.20. The summed E-state index contributed by atoms with van der Waals surface area (Å²) in [6, 6.07) is 10.3. The molecule has 1 nitrogen and oxygen atoms in total. The molecule has 1 atom stereocenters. The molecule has 0 spiro atoms. The van der Waals surface area contributed by atoms with E-state index in [9.17, 15) is 0 Å². The lowest BCUT2D eigenvalue weighted by Crippen LogP contribution is -2.27. The molecule has 0 saturated carbocycles. The Labute approximate surface area is 110 Å². The van der Waals surface area contributed by atoms with Crippen LogP contribution in [0.2, 0.25) is 0 Å². The van der Waals surface area contributed by atoms with Gasteiger partial charge in [0.1, 0.15) is 0 Å². The van der Waals surface area contributed by atoms with E-state index in [1.807, 2.05) is 18.2 Å². The maximum Gasteiger partial charge on any atom is 0.0833 e. The van der Waals surface area contributed by atoms with Gasteiger partial charge in [-0.2, -0.15) is 0 Å². The normalized spacial score (nSPS) is 13.0. The van der Waals surface area contributed by atoms with Crippen LogP contribution >= 0.6 is 24.0 Å². The molecule has 0 heterocycles. The van der Waals surface area contributed by atoms with Crippen LogP contribution < -0.4 is 5.32 Å². The van der Waals surface area contributed by atoms with Crippen molar-refractivity contribution >= 4 is 24.0 Å². The Balaban J connectivity index is 0.00000225. The molecule has 3 heteroatoms. The van der Waals surface area contributed by atoms with Crippen molar-refractivity contribution in [3.63, 3.8) is 0 Å². The Morgan fingerprint density at radius 3 is 2.25 bits per heavy atom. The third-order valence-electron chi connectivity index (χ3n) is 2.16. The van der Waals surface area contributed by atoms with E-state index in [4.69, 9.17) is 11.6 Å². The summed E-state index contributed by atoms with van der Waals surface area (Å²) in [4.78, 5) is 0. The van der Waals surface area contributed by atoms with Gasteiger partial charge in [0.25, 0.3) is 0 Å². The molecule has 0 aliphatic heterocycles. The summed E-state index contributed by atoms with van der Waals surface area (Å²) in [7, 11) is 0. The first-order valence-corrected chi connectivity index (χ1v) is 5.82. The summed E-state index contributed by atoms with van der Waals surface area (Å²) in [5.74, 6) is 0. The Bertz CT molecular complexity index is 280. The minimum Gasteiger partial charge on any atom is -0.297 e. The van der Waals surface area contributed by atoms with Crippen molar-refractivity contribution in [2.24, 2.45) is 5.41 Å². The molecule has 1 rings (SSSR count). The molecule has 0 radical (unpaired) electrons. The first-order chi connectivity index (χ1) is 6.97.